The number of likely N-dealkylation sites (N-methyl/N-ethyl adjacent to an activating group) is 1. The molecule has 0 aliphatic carbocycles. The number of methoxy groups -OCH3 is 1. The molecule has 4 aromatic rings. The van der Waals surface area contributed by atoms with Crippen LogP contribution in [-0.4, -0.2) is 77.3 Å². The lowest BCUT2D eigenvalue weighted by Crippen LogP contribution is -2.46. The second-order valence-electron chi connectivity index (χ2n) is 11.3. The fraction of sp³-hybridized carbons (Fsp3) is 0.419. The Hall–Kier alpha value is -4.23. The predicted octanol–water partition coefficient (Wildman–Crippen LogP) is 4.42. The monoisotopic (exact) mass is 620 g/mol. The smallest absolute Gasteiger partial charge is 0.239 e. The molecule has 1 atom stereocenters. The first-order valence-electron chi connectivity index (χ1n) is 14.8. The molecule has 3 heterocycles. The van der Waals surface area contributed by atoms with Crippen LogP contribution in [0, 0.1) is 6.92 Å². The van der Waals surface area contributed by atoms with Gasteiger partial charge < -0.3 is 25.6 Å². The van der Waals surface area contributed by atoms with E-state index in [9.17, 15) is 13.2 Å². The third-order valence-electron chi connectivity index (χ3n) is 8.20. The summed E-state index contributed by atoms with van der Waals surface area (Å²) in [5, 5.41) is 13.2. The number of aromatic nitrogens is 4. The van der Waals surface area contributed by atoms with Crippen LogP contribution in [0.4, 0.5) is 23.3 Å². The highest BCUT2D eigenvalue weighted by Crippen LogP contribution is 2.37. The molecule has 1 saturated heterocycles. The molecule has 2 aromatic heterocycles. The summed E-state index contributed by atoms with van der Waals surface area (Å²) in [6.45, 7) is 8.70. The Morgan fingerprint density at radius 2 is 1.75 bits per heavy atom. The highest BCUT2D eigenvalue weighted by Gasteiger charge is 2.28. The maximum Gasteiger partial charge on any atom is 0.239 e. The second-order valence-corrected chi connectivity index (χ2v) is 13.8. The number of ether oxygens (including phenoxy) is 1. The Labute approximate surface area is 258 Å². The molecule has 0 bridgehead atoms. The first-order valence-corrected chi connectivity index (χ1v) is 16.3. The number of benzene rings is 2. The van der Waals surface area contributed by atoms with Crippen molar-refractivity contribution in [3.8, 4) is 5.75 Å². The molecule has 234 valence electrons. The fourth-order valence-corrected chi connectivity index (χ4v) is 6.70. The van der Waals surface area contributed by atoms with Gasteiger partial charge in [0.25, 0.3) is 0 Å². The Morgan fingerprint density at radius 1 is 1.02 bits per heavy atom. The highest BCUT2D eigenvalue weighted by molar-refractivity contribution is 7.92. The van der Waals surface area contributed by atoms with E-state index in [4.69, 9.17) is 4.74 Å². The molecule has 0 radical (unpaired) electrons. The van der Waals surface area contributed by atoms with Gasteiger partial charge in [-0.15, -0.1) is 0 Å². The molecule has 1 aliphatic heterocycles. The number of para-hydroxylation sites is 1. The topological polar surface area (TPSA) is 143 Å². The van der Waals surface area contributed by atoms with E-state index in [0.717, 1.165) is 18.4 Å². The van der Waals surface area contributed by atoms with Crippen molar-refractivity contribution in [1.82, 2.24) is 29.8 Å². The summed E-state index contributed by atoms with van der Waals surface area (Å²) < 4.78 is 33.4. The lowest BCUT2D eigenvalue weighted by molar-refractivity contribution is -0.133. The first-order chi connectivity index (χ1) is 21.0. The SMILES string of the molecule is CN[C@H](C)C(=O)N1CCC(c2cc(OC)c(Nc3nc(Nc4ccccc4S(=O)(=O)C(C)C)n4nccc4n3)cc2C)CC1. The number of aryl methyl sites for hydroxylation is 1. The van der Waals surface area contributed by atoms with Crippen molar-refractivity contribution in [2.75, 3.05) is 37.9 Å². The lowest BCUT2D eigenvalue weighted by Gasteiger charge is -2.34. The Balaban J connectivity index is 1.41. The summed E-state index contributed by atoms with van der Waals surface area (Å²) in [5.74, 6) is 1.68. The molecule has 0 saturated carbocycles. The van der Waals surface area contributed by atoms with E-state index in [0.29, 0.717) is 53.7 Å². The van der Waals surface area contributed by atoms with Gasteiger partial charge in [-0.25, -0.2) is 8.42 Å². The zero-order valence-corrected chi connectivity index (χ0v) is 26.8. The van der Waals surface area contributed by atoms with Crippen LogP contribution < -0.4 is 20.7 Å². The van der Waals surface area contributed by atoms with E-state index in [1.165, 1.54) is 10.1 Å². The summed E-state index contributed by atoms with van der Waals surface area (Å²) in [5.41, 5.74) is 3.91. The van der Waals surface area contributed by atoms with Crippen LogP contribution in [0.1, 0.15) is 50.7 Å². The first kappa shape index (κ1) is 31.2. The molecular formula is C31H40N8O4S. The van der Waals surface area contributed by atoms with E-state index < -0.39 is 15.1 Å². The molecule has 0 spiro atoms. The van der Waals surface area contributed by atoms with Crippen LogP contribution in [0.15, 0.2) is 53.6 Å². The number of hydrogen-bond donors (Lipinski definition) is 3. The van der Waals surface area contributed by atoms with Crippen molar-refractivity contribution in [3.05, 3.63) is 59.8 Å². The van der Waals surface area contributed by atoms with Gasteiger partial charge in [-0.3, -0.25) is 4.79 Å². The van der Waals surface area contributed by atoms with Crippen LogP contribution in [-0.2, 0) is 14.6 Å². The van der Waals surface area contributed by atoms with Crippen molar-refractivity contribution in [1.29, 1.82) is 0 Å². The van der Waals surface area contributed by atoms with E-state index in [1.54, 1.807) is 64.5 Å². The third kappa shape index (κ3) is 6.20. The van der Waals surface area contributed by atoms with E-state index in [1.807, 2.05) is 17.9 Å². The molecule has 12 nitrogen and oxygen atoms in total. The molecule has 0 unspecified atom stereocenters. The predicted molar refractivity (Wildman–Crippen MR) is 171 cm³/mol. The van der Waals surface area contributed by atoms with Gasteiger partial charge in [0.15, 0.2) is 15.5 Å². The minimum atomic E-state index is -3.56. The van der Waals surface area contributed by atoms with Crippen molar-refractivity contribution in [2.45, 2.75) is 62.6 Å². The Bertz CT molecular complexity index is 1760. The molecule has 44 heavy (non-hydrogen) atoms. The van der Waals surface area contributed by atoms with Gasteiger partial charge in [0.05, 0.1) is 40.9 Å². The second kappa shape index (κ2) is 12.8. The van der Waals surface area contributed by atoms with Gasteiger partial charge in [-0.05, 0) is 88.9 Å². The van der Waals surface area contributed by atoms with Gasteiger partial charge in [0, 0.05) is 19.2 Å². The minimum Gasteiger partial charge on any atom is -0.495 e. The molecule has 2 aromatic carbocycles. The minimum absolute atomic E-state index is 0.133. The van der Waals surface area contributed by atoms with Crippen molar-refractivity contribution >= 4 is 44.7 Å². The van der Waals surface area contributed by atoms with Gasteiger partial charge in [-0.1, -0.05) is 12.1 Å². The zero-order chi connectivity index (χ0) is 31.6. The average molecular weight is 621 g/mol. The number of likely N-dealkylation sites (tertiary alicyclic amines) is 1. The molecule has 3 N–H and O–H groups in total. The van der Waals surface area contributed by atoms with E-state index >= 15 is 0 Å². The Morgan fingerprint density at radius 3 is 2.43 bits per heavy atom. The summed E-state index contributed by atoms with van der Waals surface area (Å²) >= 11 is 0. The standard InChI is InChI=1S/C31H40N8O4S/c1-19(2)44(41,42)27-10-8-7-9-24(27)35-31-37-30(36-28-11-14-33-39(28)31)34-25-17-20(3)23(18-26(25)43-6)22-12-15-38(16-13-22)29(40)21(4)32-5/h7-11,14,17-19,21-22,32H,12-13,15-16H2,1-6H3,(H2,34,35,36,37)/t21-/m1/s1. The van der Waals surface area contributed by atoms with Crippen LogP contribution >= 0.6 is 0 Å². The maximum atomic E-state index is 13.1. The fourth-order valence-electron chi connectivity index (χ4n) is 5.49. The van der Waals surface area contributed by atoms with Crippen LogP contribution in [0.3, 0.4) is 0 Å². The number of carbonyl (C=O) groups excluding carboxylic acids is 1. The maximum absolute atomic E-state index is 13.1. The number of nitrogens with zero attached hydrogens (tertiary/aromatic N) is 5. The molecule has 5 rings (SSSR count). The normalized spacial score (nSPS) is 15.0. The number of piperidine rings is 1. The van der Waals surface area contributed by atoms with Crippen LogP contribution in [0.5, 0.6) is 5.75 Å². The highest BCUT2D eigenvalue weighted by atomic mass is 32.2. The molecule has 1 aliphatic rings. The number of nitrogens with one attached hydrogen (secondary N) is 3. The number of carbonyl (C=O) groups is 1. The van der Waals surface area contributed by atoms with Crippen molar-refractivity contribution in [2.24, 2.45) is 0 Å². The number of fused-ring (bicyclic) bond motifs is 1. The molecule has 13 heteroatoms. The average Bonchev–Trinajstić information content (AvgIpc) is 3.50. The molecule has 1 amide bonds. The zero-order valence-electron chi connectivity index (χ0n) is 26.0. The number of anilines is 4. The van der Waals surface area contributed by atoms with Gasteiger partial charge in [0.2, 0.25) is 17.8 Å². The molecular weight excluding hydrogens is 580 g/mol. The number of rotatable bonds is 10. The van der Waals surface area contributed by atoms with E-state index in [2.05, 4.69) is 44.0 Å². The summed E-state index contributed by atoms with van der Waals surface area (Å²) in [7, 11) is -0.129. The number of hydrogen-bond acceptors (Lipinski definition) is 10. The lowest BCUT2D eigenvalue weighted by atomic mass is 9.86. The van der Waals surface area contributed by atoms with Gasteiger partial charge >= 0.3 is 0 Å². The summed E-state index contributed by atoms with van der Waals surface area (Å²) in [6.07, 6.45) is 3.36. The van der Waals surface area contributed by atoms with E-state index in [-0.39, 0.29) is 16.8 Å². The third-order valence-corrected chi connectivity index (χ3v) is 10.4. The quantitative estimate of drug-likeness (QED) is 0.233. The van der Waals surface area contributed by atoms with Gasteiger partial charge in [0.1, 0.15) is 5.75 Å². The largest absolute Gasteiger partial charge is 0.495 e. The van der Waals surface area contributed by atoms with Crippen molar-refractivity contribution < 1.29 is 17.9 Å². The molecule has 1 fully saturated rings. The van der Waals surface area contributed by atoms with Crippen LogP contribution in [0.2, 0.25) is 0 Å². The number of sulfone groups is 1. The Kier molecular flexibility index (Phi) is 9.07. The summed E-state index contributed by atoms with van der Waals surface area (Å²) in [4.78, 5) is 24.0. The van der Waals surface area contributed by atoms with Crippen LogP contribution in [0.25, 0.3) is 5.65 Å². The summed E-state index contributed by atoms with van der Waals surface area (Å²) in [6, 6.07) is 12.4. The van der Waals surface area contributed by atoms with Gasteiger partial charge in [-0.2, -0.15) is 19.6 Å². The number of amides is 1. The van der Waals surface area contributed by atoms with Crippen molar-refractivity contribution in [3.63, 3.8) is 0 Å².